The van der Waals surface area contributed by atoms with E-state index in [9.17, 15) is 4.79 Å². The first kappa shape index (κ1) is 13.3. The predicted molar refractivity (Wildman–Crippen MR) is 77.9 cm³/mol. The number of carbonyl (C=O) groups excluding carboxylic acids is 1. The van der Waals surface area contributed by atoms with Crippen molar-refractivity contribution in [2.24, 2.45) is 0 Å². The molecule has 98 valence electrons. The third-order valence-corrected chi connectivity index (χ3v) is 4.65. The Balaban J connectivity index is 1.86. The van der Waals surface area contributed by atoms with Crippen LogP contribution in [0.15, 0.2) is 24.3 Å². The first-order chi connectivity index (χ1) is 8.69. The van der Waals surface area contributed by atoms with E-state index in [1.807, 2.05) is 11.8 Å². The minimum Gasteiger partial charge on any atom is -0.399 e. The van der Waals surface area contributed by atoms with Gasteiger partial charge in [0.25, 0.3) is 5.91 Å². The van der Waals surface area contributed by atoms with Crippen LogP contribution < -0.4 is 11.1 Å². The maximum atomic E-state index is 12.0. The Morgan fingerprint density at radius 3 is 2.39 bits per heavy atom. The van der Waals surface area contributed by atoms with Crippen LogP contribution in [0.25, 0.3) is 0 Å². The summed E-state index contributed by atoms with van der Waals surface area (Å²) in [5.41, 5.74) is 6.99. The SMILES string of the molecule is CSC1CCC(NC(=O)c2ccc(N)cc2)CC1. The van der Waals surface area contributed by atoms with Gasteiger partial charge in [-0.2, -0.15) is 11.8 Å². The van der Waals surface area contributed by atoms with Crippen molar-refractivity contribution in [1.82, 2.24) is 5.32 Å². The van der Waals surface area contributed by atoms with E-state index in [0.717, 1.165) is 18.1 Å². The molecule has 1 aliphatic carbocycles. The van der Waals surface area contributed by atoms with E-state index in [0.29, 0.717) is 17.3 Å². The van der Waals surface area contributed by atoms with Gasteiger partial charge in [-0.3, -0.25) is 4.79 Å². The molecule has 0 saturated heterocycles. The van der Waals surface area contributed by atoms with Crippen molar-refractivity contribution in [3.63, 3.8) is 0 Å². The summed E-state index contributed by atoms with van der Waals surface area (Å²) >= 11 is 1.94. The zero-order valence-corrected chi connectivity index (χ0v) is 11.5. The molecule has 1 aromatic carbocycles. The van der Waals surface area contributed by atoms with E-state index in [-0.39, 0.29) is 5.91 Å². The van der Waals surface area contributed by atoms with Crippen LogP contribution in [-0.2, 0) is 0 Å². The third kappa shape index (κ3) is 3.42. The van der Waals surface area contributed by atoms with Gasteiger partial charge in [0, 0.05) is 22.5 Å². The molecule has 1 aromatic rings. The molecule has 0 bridgehead atoms. The van der Waals surface area contributed by atoms with E-state index in [1.165, 1.54) is 12.8 Å². The summed E-state index contributed by atoms with van der Waals surface area (Å²) in [4.78, 5) is 12.0. The number of hydrogen-bond acceptors (Lipinski definition) is 3. The molecule has 3 N–H and O–H groups in total. The fourth-order valence-electron chi connectivity index (χ4n) is 2.35. The van der Waals surface area contributed by atoms with Crippen molar-refractivity contribution in [3.05, 3.63) is 29.8 Å². The van der Waals surface area contributed by atoms with Gasteiger partial charge >= 0.3 is 0 Å². The van der Waals surface area contributed by atoms with Crippen molar-refractivity contribution in [2.45, 2.75) is 37.0 Å². The maximum absolute atomic E-state index is 12.0. The summed E-state index contributed by atoms with van der Waals surface area (Å²) in [6, 6.07) is 7.41. The monoisotopic (exact) mass is 264 g/mol. The molecule has 0 radical (unpaired) electrons. The van der Waals surface area contributed by atoms with Crippen LogP contribution in [0.3, 0.4) is 0 Å². The van der Waals surface area contributed by atoms with E-state index in [2.05, 4.69) is 11.6 Å². The Labute approximate surface area is 113 Å². The normalized spacial score (nSPS) is 23.6. The van der Waals surface area contributed by atoms with Crippen molar-refractivity contribution in [2.75, 3.05) is 12.0 Å². The zero-order chi connectivity index (χ0) is 13.0. The average Bonchev–Trinajstić information content (AvgIpc) is 2.40. The number of nitrogens with two attached hydrogens (primary N) is 1. The van der Waals surface area contributed by atoms with Gasteiger partial charge in [-0.15, -0.1) is 0 Å². The Kier molecular flexibility index (Phi) is 4.53. The van der Waals surface area contributed by atoms with Crippen LogP contribution in [0.2, 0.25) is 0 Å². The third-order valence-electron chi connectivity index (χ3n) is 3.52. The number of hydrogen-bond donors (Lipinski definition) is 2. The van der Waals surface area contributed by atoms with Gasteiger partial charge in [0.05, 0.1) is 0 Å². The molecule has 0 aliphatic heterocycles. The second-order valence-corrected chi connectivity index (χ2v) is 5.94. The van der Waals surface area contributed by atoms with E-state index < -0.39 is 0 Å². The van der Waals surface area contributed by atoms with Crippen LogP contribution in [0.5, 0.6) is 0 Å². The quantitative estimate of drug-likeness (QED) is 0.825. The molecule has 3 nitrogen and oxygen atoms in total. The fraction of sp³-hybridized carbons (Fsp3) is 0.500. The summed E-state index contributed by atoms with van der Waals surface area (Å²) in [7, 11) is 0. The molecule has 1 aliphatic rings. The smallest absolute Gasteiger partial charge is 0.251 e. The summed E-state index contributed by atoms with van der Waals surface area (Å²) < 4.78 is 0. The highest BCUT2D eigenvalue weighted by Crippen LogP contribution is 2.26. The molecule has 0 unspecified atom stereocenters. The lowest BCUT2D eigenvalue weighted by Gasteiger charge is -2.28. The van der Waals surface area contributed by atoms with Gasteiger partial charge < -0.3 is 11.1 Å². The summed E-state index contributed by atoms with van der Waals surface area (Å²) in [5, 5.41) is 3.88. The number of thioether (sulfide) groups is 1. The second kappa shape index (κ2) is 6.14. The molecule has 2 rings (SSSR count). The molecule has 18 heavy (non-hydrogen) atoms. The Hall–Kier alpha value is -1.16. The van der Waals surface area contributed by atoms with Crippen molar-refractivity contribution >= 4 is 23.4 Å². The van der Waals surface area contributed by atoms with Gasteiger partial charge in [-0.1, -0.05) is 0 Å². The molecule has 0 aromatic heterocycles. The molecule has 0 heterocycles. The van der Waals surface area contributed by atoms with Gasteiger partial charge in [0.2, 0.25) is 0 Å². The summed E-state index contributed by atoms with van der Waals surface area (Å²) in [5.74, 6) is 0.0163. The lowest BCUT2D eigenvalue weighted by atomic mass is 9.94. The van der Waals surface area contributed by atoms with E-state index >= 15 is 0 Å². The largest absolute Gasteiger partial charge is 0.399 e. The number of rotatable bonds is 3. The minimum atomic E-state index is 0.0163. The first-order valence-corrected chi connectivity index (χ1v) is 7.67. The average molecular weight is 264 g/mol. The topological polar surface area (TPSA) is 55.1 Å². The molecule has 1 saturated carbocycles. The van der Waals surface area contributed by atoms with Gasteiger partial charge in [-0.25, -0.2) is 0 Å². The zero-order valence-electron chi connectivity index (χ0n) is 10.7. The highest BCUT2D eigenvalue weighted by Gasteiger charge is 2.21. The van der Waals surface area contributed by atoms with Gasteiger partial charge in [0.15, 0.2) is 0 Å². The van der Waals surface area contributed by atoms with Crippen LogP contribution in [0.4, 0.5) is 5.69 Å². The number of carbonyl (C=O) groups is 1. The van der Waals surface area contributed by atoms with E-state index in [1.54, 1.807) is 24.3 Å². The predicted octanol–water partition coefficient (Wildman–Crippen LogP) is 2.67. The van der Waals surface area contributed by atoms with Crippen LogP contribution in [0, 0.1) is 0 Å². The van der Waals surface area contributed by atoms with Crippen molar-refractivity contribution < 1.29 is 4.79 Å². The Morgan fingerprint density at radius 1 is 1.22 bits per heavy atom. The Bertz CT molecular complexity index is 397. The Morgan fingerprint density at radius 2 is 1.83 bits per heavy atom. The first-order valence-electron chi connectivity index (χ1n) is 6.38. The molecule has 1 fully saturated rings. The van der Waals surface area contributed by atoms with E-state index in [4.69, 9.17) is 5.73 Å². The van der Waals surface area contributed by atoms with Crippen molar-refractivity contribution in [3.8, 4) is 0 Å². The minimum absolute atomic E-state index is 0.0163. The highest BCUT2D eigenvalue weighted by molar-refractivity contribution is 7.99. The second-order valence-electron chi connectivity index (χ2n) is 4.80. The molecular formula is C14H20N2OS. The molecule has 4 heteroatoms. The lowest BCUT2D eigenvalue weighted by molar-refractivity contribution is 0.0928. The van der Waals surface area contributed by atoms with Crippen molar-refractivity contribution in [1.29, 1.82) is 0 Å². The number of nitrogens with one attached hydrogen (secondary N) is 1. The molecule has 1 amide bonds. The highest BCUT2D eigenvalue weighted by atomic mass is 32.2. The van der Waals surface area contributed by atoms with Crippen LogP contribution in [0.1, 0.15) is 36.0 Å². The molecule has 0 atom stereocenters. The number of benzene rings is 1. The van der Waals surface area contributed by atoms with Gasteiger partial charge in [0.1, 0.15) is 0 Å². The number of amides is 1. The van der Waals surface area contributed by atoms with Crippen LogP contribution in [-0.4, -0.2) is 23.5 Å². The lowest BCUT2D eigenvalue weighted by Crippen LogP contribution is -2.38. The number of nitrogen functional groups attached to an aromatic ring is 1. The van der Waals surface area contributed by atoms with Crippen LogP contribution >= 0.6 is 11.8 Å². The maximum Gasteiger partial charge on any atom is 0.251 e. The standard InChI is InChI=1S/C14H20N2OS/c1-18-13-8-6-12(7-9-13)16-14(17)10-2-4-11(15)5-3-10/h2-5,12-13H,6-9,15H2,1H3,(H,16,17). The van der Waals surface area contributed by atoms with Gasteiger partial charge in [-0.05, 0) is 56.2 Å². The summed E-state index contributed by atoms with van der Waals surface area (Å²) in [6.07, 6.45) is 6.75. The summed E-state index contributed by atoms with van der Waals surface area (Å²) in [6.45, 7) is 0. The molecule has 0 spiro atoms. The molecular weight excluding hydrogens is 244 g/mol. The fourth-order valence-corrected chi connectivity index (χ4v) is 3.09. The number of anilines is 1.